The summed E-state index contributed by atoms with van der Waals surface area (Å²) in [7, 11) is 0. The lowest BCUT2D eigenvalue weighted by Crippen LogP contribution is -2.42. The number of hydrogen-bond donors (Lipinski definition) is 1. The van der Waals surface area contributed by atoms with Gasteiger partial charge in [-0.1, -0.05) is 134 Å². The number of benzene rings is 2. The van der Waals surface area contributed by atoms with Crippen LogP contribution in [0.4, 0.5) is 11.4 Å². The fourth-order valence-corrected chi connectivity index (χ4v) is 8.62. The van der Waals surface area contributed by atoms with E-state index in [0.29, 0.717) is 6.04 Å². The Hall–Kier alpha value is -3.17. The highest BCUT2D eigenvalue weighted by Gasteiger charge is 2.44. The average molecular weight is 661 g/mol. The second-order valence-electron chi connectivity index (χ2n) is 14.9. The molecule has 2 nitrogen and oxygen atoms in total. The zero-order valence-corrected chi connectivity index (χ0v) is 31.6. The number of fused-ring (bicyclic) bond motifs is 4. The van der Waals surface area contributed by atoms with Gasteiger partial charge in [-0.05, 0) is 94.5 Å². The van der Waals surface area contributed by atoms with Gasteiger partial charge in [0.2, 0.25) is 0 Å². The van der Waals surface area contributed by atoms with Crippen LogP contribution in [0.1, 0.15) is 110 Å². The Morgan fingerprint density at radius 1 is 0.812 bits per heavy atom. The third-order valence-electron chi connectivity index (χ3n) is 10.8. The Morgan fingerprint density at radius 3 is 2.31 bits per heavy atom. The van der Waals surface area contributed by atoms with Crippen LogP contribution in [0.25, 0.3) is 24.8 Å². The van der Waals surface area contributed by atoms with Gasteiger partial charge in [0.15, 0.2) is 0 Å². The van der Waals surface area contributed by atoms with E-state index in [-0.39, 0.29) is 10.8 Å². The van der Waals surface area contributed by atoms with Gasteiger partial charge in [0.05, 0.1) is 6.04 Å². The van der Waals surface area contributed by atoms with Gasteiger partial charge < -0.3 is 9.80 Å². The number of hydrogen-bond acceptors (Lipinski definition) is 3. The van der Waals surface area contributed by atoms with E-state index >= 15 is 0 Å². The van der Waals surface area contributed by atoms with Crippen LogP contribution in [0.3, 0.4) is 0 Å². The van der Waals surface area contributed by atoms with Gasteiger partial charge in [-0.3, -0.25) is 0 Å². The van der Waals surface area contributed by atoms with Crippen LogP contribution in [-0.4, -0.2) is 24.9 Å². The van der Waals surface area contributed by atoms with Crippen LogP contribution in [0.5, 0.6) is 0 Å². The van der Waals surface area contributed by atoms with Crippen molar-refractivity contribution in [3.8, 4) is 0 Å². The lowest BCUT2D eigenvalue weighted by Gasteiger charge is -2.32. The molecule has 256 valence electrons. The summed E-state index contributed by atoms with van der Waals surface area (Å²) in [5.74, 6) is 0.942. The maximum Gasteiger partial charge on any atom is 0.0568 e. The van der Waals surface area contributed by atoms with E-state index in [4.69, 9.17) is 0 Å². The van der Waals surface area contributed by atoms with Gasteiger partial charge in [-0.25, -0.2) is 0 Å². The minimum atomic E-state index is -0.0867. The molecule has 1 atom stereocenters. The molecule has 5 rings (SSSR count). The van der Waals surface area contributed by atoms with Crippen molar-refractivity contribution < 1.29 is 0 Å². The molecule has 1 unspecified atom stereocenters. The lowest BCUT2D eigenvalue weighted by atomic mass is 9.78. The second-order valence-corrected chi connectivity index (χ2v) is 15.4. The number of unbranched alkanes of at least 4 members (excludes halogenated alkanes) is 4. The van der Waals surface area contributed by atoms with Crippen molar-refractivity contribution in [3.05, 3.63) is 104 Å². The first-order chi connectivity index (χ1) is 23.2. The largest absolute Gasteiger partial charge is 0.364 e. The topological polar surface area (TPSA) is 6.48 Å². The van der Waals surface area contributed by atoms with Crippen LogP contribution in [-0.2, 0) is 10.8 Å². The van der Waals surface area contributed by atoms with Crippen molar-refractivity contribution in [2.45, 2.75) is 116 Å². The van der Waals surface area contributed by atoms with Gasteiger partial charge >= 0.3 is 0 Å². The van der Waals surface area contributed by atoms with E-state index in [1.165, 1.54) is 69.5 Å². The van der Waals surface area contributed by atoms with E-state index in [9.17, 15) is 0 Å². The van der Waals surface area contributed by atoms with Gasteiger partial charge in [0.25, 0.3) is 0 Å². The zero-order chi connectivity index (χ0) is 34.3. The van der Waals surface area contributed by atoms with E-state index in [0.717, 1.165) is 56.2 Å². The van der Waals surface area contributed by atoms with Crippen molar-refractivity contribution in [2.75, 3.05) is 28.6 Å². The second kappa shape index (κ2) is 16.0. The molecule has 2 aromatic carbocycles. The van der Waals surface area contributed by atoms with E-state index in [2.05, 4.69) is 156 Å². The molecule has 2 heterocycles. The molecule has 0 saturated heterocycles. The summed E-state index contributed by atoms with van der Waals surface area (Å²) < 4.78 is 0. The first-order valence-electron chi connectivity index (χ1n) is 18.7. The summed E-state index contributed by atoms with van der Waals surface area (Å²) >= 11 is 4.50. The number of rotatable bonds is 14. The van der Waals surface area contributed by atoms with Gasteiger partial charge in [-0.15, -0.1) is 0 Å². The maximum absolute atomic E-state index is 4.50. The van der Waals surface area contributed by atoms with Crippen LogP contribution in [0.15, 0.2) is 72.5 Å². The predicted octanol–water partition coefficient (Wildman–Crippen LogP) is 8.75. The van der Waals surface area contributed by atoms with Gasteiger partial charge in [-0.2, -0.15) is 12.6 Å². The number of anilines is 2. The molecule has 0 bridgehead atoms. The number of thiol groups is 1. The molecule has 0 saturated carbocycles. The van der Waals surface area contributed by atoms with Crippen LogP contribution in [0, 0.1) is 0 Å². The minimum absolute atomic E-state index is 0.0273. The molecule has 2 aromatic rings. The van der Waals surface area contributed by atoms with Crippen molar-refractivity contribution in [1.29, 1.82) is 0 Å². The highest BCUT2D eigenvalue weighted by atomic mass is 32.1. The molecule has 1 aliphatic carbocycles. The Balaban J connectivity index is 1.38. The average Bonchev–Trinajstić information content (AvgIpc) is 3.42. The van der Waals surface area contributed by atoms with Crippen molar-refractivity contribution in [2.24, 2.45) is 0 Å². The molecule has 3 aliphatic rings. The molecule has 0 fully saturated rings. The molecule has 0 radical (unpaired) electrons. The monoisotopic (exact) mass is 660 g/mol. The highest BCUT2D eigenvalue weighted by molar-refractivity contribution is 7.80. The third kappa shape index (κ3) is 7.23. The van der Waals surface area contributed by atoms with E-state index in [1.54, 1.807) is 0 Å². The molecule has 0 N–H and O–H groups in total. The molecule has 0 amide bonds. The maximum atomic E-state index is 4.50. The van der Waals surface area contributed by atoms with Crippen LogP contribution < -0.4 is 30.7 Å². The SMILES string of the molecule is C=c1ccc2c(/c1=C/CC)C(C)(C)/C(=C/C=C/C=C/C=C/C1N(CCCCS)c3ccc4c(c3C1(C)C)=CCCC=4)N2CCCCCC. The normalized spacial score (nSPS) is 20.6. The Labute approximate surface area is 297 Å². The standard InChI is InChI=1S/C45H60N2S/c1-8-10-11-19-31-46-38-29-27-34(3)36(22-9-2)42(38)44(4,5)40(46)25-15-13-12-14-16-26-41-45(6,7)43-37-24-18-17-23-35(37)28-30-39(43)47(41)32-20-21-33-48/h12-16,22-30,41,48H,3,8-11,17-21,31-33H2,1-2,4-7H3/b14-12+,15-13+,26-16+,36-22+,40-25-. The summed E-state index contributed by atoms with van der Waals surface area (Å²) in [6, 6.07) is 9.55. The molecule has 0 aromatic heterocycles. The van der Waals surface area contributed by atoms with E-state index < -0.39 is 0 Å². The summed E-state index contributed by atoms with van der Waals surface area (Å²) in [6.45, 7) is 20.7. The fraction of sp³-hybridized carbons (Fsp3) is 0.467. The Bertz CT molecular complexity index is 1800. The zero-order valence-electron chi connectivity index (χ0n) is 30.7. The summed E-state index contributed by atoms with van der Waals surface area (Å²) in [5.41, 5.74) is 7.05. The smallest absolute Gasteiger partial charge is 0.0568 e. The lowest BCUT2D eigenvalue weighted by molar-refractivity contribution is 0.469. The van der Waals surface area contributed by atoms with Gasteiger partial charge in [0.1, 0.15) is 0 Å². The Kier molecular flexibility index (Phi) is 12.1. The first-order valence-corrected chi connectivity index (χ1v) is 19.4. The molecule has 2 aliphatic heterocycles. The molecule has 3 heteroatoms. The third-order valence-corrected chi connectivity index (χ3v) is 11.1. The van der Waals surface area contributed by atoms with Gasteiger partial charge in [0, 0.05) is 41.0 Å². The van der Waals surface area contributed by atoms with Crippen LogP contribution in [0.2, 0.25) is 0 Å². The minimum Gasteiger partial charge on any atom is -0.364 e. The van der Waals surface area contributed by atoms with E-state index in [1.807, 2.05) is 0 Å². The quantitative estimate of drug-likeness (QED) is 0.123. The molecule has 48 heavy (non-hydrogen) atoms. The van der Waals surface area contributed by atoms with Crippen molar-refractivity contribution in [1.82, 2.24) is 0 Å². The molecular formula is C45H60N2S. The van der Waals surface area contributed by atoms with Crippen LogP contribution >= 0.6 is 12.6 Å². The molecule has 0 spiro atoms. The summed E-state index contributed by atoms with van der Waals surface area (Å²) in [4.78, 5) is 5.24. The summed E-state index contributed by atoms with van der Waals surface area (Å²) in [6.07, 6.45) is 33.8. The van der Waals surface area contributed by atoms with Crippen molar-refractivity contribution in [3.63, 3.8) is 0 Å². The highest BCUT2D eigenvalue weighted by Crippen LogP contribution is 2.46. The fourth-order valence-electron chi connectivity index (χ4n) is 8.40. The van der Waals surface area contributed by atoms with Crippen molar-refractivity contribution >= 4 is 48.8 Å². The number of allylic oxidation sites excluding steroid dienone is 7. The summed E-state index contributed by atoms with van der Waals surface area (Å²) in [5, 5.41) is 5.33. The first kappa shape index (κ1) is 36.1. The molecular weight excluding hydrogens is 601 g/mol. The Morgan fingerprint density at radius 2 is 1.54 bits per heavy atom. The predicted molar refractivity (Wildman–Crippen MR) is 217 cm³/mol. The number of nitrogens with zero attached hydrogens (tertiary/aromatic N) is 2.